The zero-order chi connectivity index (χ0) is 24.3. The number of rotatable bonds is 14. The molecule has 0 bridgehead atoms. The van der Waals surface area contributed by atoms with E-state index in [1.807, 2.05) is 0 Å². The molecule has 0 saturated carbocycles. The van der Waals surface area contributed by atoms with E-state index in [2.05, 4.69) is 28.6 Å². The van der Waals surface area contributed by atoms with Gasteiger partial charge in [0.05, 0.1) is 6.10 Å². The summed E-state index contributed by atoms with van der Waals surface area (Å²) >= 11 is 4.00. The van der Waals surface area contributed by atoms with Gasteiger partial charge < -0.3 is 37.0 Å². The first kappa shape index (κ1) is 28.6. The summed E-state index contributed by atoms with van der Waals surface area (Å²) in [6.45, 7) is 4.68. The fourth-order valence-electron chi connectivity index (χ4n) is 2.43. The molecule has 13 heteroatoms. The molecule has 0 spiro atoms. The van der Waals surface area contributed by atoms with Crippen molar-refractivity contribution in [1.29, 1.82) is 0 Å². The Morgan fingerprint density at radius 2 is 1.45 bits per heavy atom. The molecule has 0 aliphatic carbocycles. The molecule has 0 saturated heterocycles. The third kappa shape index (κ3) is 9.98. The molecule has 6 atom stereocenters. The van der Waals surface area contributed by atoms with Crippen molar-refractivity contribution in [2.24, 2.45) is 11.7 Å². The van der Waals surface area contributed by atoms with Crippen molar-refractivity contribution in [3.05, 3.63) is 0 Å². The van der Waals surface area contributed by atoms with Crippen LogP contribution in [-0.4, -0.2) is 81.0 Å². The summed E-state index contributed by atoms with van der Waals surface area (Å²) in [7, 11) is 0. The van der Waals surface area contributed by atoms with E-state index in [0.29, 0.717) is 6.42 Å². The summed E-state index contributed by atoms with van der Waals surface area (Å²) < 4.78 is 0. The summed E-state index contributed by atoms with van der Waals surface area (Å²) in [5.41, 5.74) is 5.52. The normalized spacial score (nSPS) is 16.7. The summed E-state index contributed by atoms with van der Waals surface area (Å²) in [5.74, 6) is -5.55. The predicted octanol–water partition coefficient (Wildman–Crippen LogP) is -1.93. The molecular formula is C18H32N4O8S. The summed E-state index contributed by atoms with van der Waals surface area (Å²) in [5, 5.41) is 34.5. The van der Waals surface area contributed by atoms with Crippen molar-refractivity contribution in [2.75, 3.05) is 5.75 Å². The molecule has 8 N–H and O–H groups in total. The van der Waals surface area contributed by atoms with E-state index in [-0.39, 0.29) is 18.1 Å². The third-order valence-corrected chi connectivity index (χ3v) is 5.06. The van der Waals surface area contributed by atoms with E-state index in [4.69, 9.17) is 10.8 Å². The molecule has 178 valence electrons. The highest BCUT2D eigenvalue weighted by atomic mass is 32.1. The van der Waals surface area contributed by atoms with Gasteiger partial charge in [-0.1, -0.05) is 20.3 Å². The van der Waals surface area contributed by atoms with Gasteiger partial charge in [0, 0.05) is 12.2 Å². The van der Waals surface area contributed by atoms with Crippen LogP contribution in [0, 0.1) is 5.92 Å². The number of aliphatic hydroxyl groups excluding tert-OH is 1. The molecule has 12 nitrogen and oxygen atoms in total. The van der Waals surface area contributed by atoms with Crippen LogP contribution >= 0.6 is 12.6 Å². The van der Waals surface area contributed by atoms with Crippen LogP contribution in [0.5, 0.6) is 0 Å². The van der Waals surface area contributed by atoms with Crippen LogP contribution in [0.15, 0.2) is 0 Å². The monoisotopic (exact) mass is 464 g/mol. The first-order valence-corrected chi connectivity index (χ1v) is 10.4. The molecule has 0 aromatic rings. The number of nitrogens with two attached hydrogens (primary N) is 1. The fraction of sp³-hybridized carbons (Fsp3) is 0.722. The molecular weight excluding hydrogens is 432 g/mol. The van der Waals surface area contributed by atoms with E-state index in [1.54, 1.807) is 13.8 Å². The van der Waals surface area contributed by atoms with Crippen LogP contribution in [0.2, 0.25) is 0 Å². The summed E-state index contributed by atoms with van der Waals surface area (Å²) in [6, 6.07) is -5.12. The molecule has 3 amide bonds. The SMILES string of the molecule is CCC(C)C(NC(=O)C(CS)NC(=O)C(CCC(=O)O)NC(=O)C(N)C(C)O)C(=O)O. The van der Waals surface area contributed by atoms with Crippen LogP contribution in [0.4, 0.5) is 0 Å². The van der Waals surface area contributed by atoms with Gasteiger partial charge in [-0.2, -0.15) is 12.6 Å². The Labute approximate surface area is 185 Å². The van der Waals surface area contributed by atoms with Crippen molar-refractivity contribution >= 4 is 42.3 Å². The maximum atomic E-state index is 12.6. The van der Waals surface area contributed by atoms with Gasteiger partial charge in [-0.05, 0) is 19.3 Å². The Morgan fingerprint density at radius 3 is 1.87 bits per heavy atom. The van der Waals surface area contributed by atoms with E-state index in [1.165, 1.54) is 6.92 Å². The molecule has 0 fully saturated rings. The smallest absolute Gasteiger partial charge is 0.326 e. The zero-order valence-corrected chi connectivity index (χ0v) is 18.6. The quantitative estimate of drug-likeness (QED) is 0.134. The zero-order valence-electron chi connectivity index (χ0n) is 17.7. The Hall–Kier alpha value is -2.38. The first-order chi connectivity index (χ1) is 14.3. The van der Waals surface area contributed by atoms with Crippen molar-refractivity contribution in [3.63, 3.8) is 0 Å². The van der Waals surface area contributed by atoms with Crippen LogP contribution in [0.3, 0.4) is 0 Å². The Kier molecular flexibility index (Phi) is 12.8. The average molecular weight is 465 g/mol. The number of hydrogen-bond acceptors (Lipinski definition) is 8. The molecule has 0 aliphatic rings. The number of carboxylic acids is 2. The van der Waals surface area contributed by atoms with Crippen LogP contribution in [-0.2, 0) is 24.0 Å². The molecule has 0 rings (SSSR count). The molecule has 0 radical (unpaired) electrons. The largest absolute Gasteiger partial charge is 0.481 e. The van der Waals surface area contributed by atoms with Crippen molar-refractivity contribution in [1.82, 2.24) is 16.0 Å². The minimum absolute atomic E-state index is 0.183. The second-order valence-corrected chi connectivity index (χ2v) is 7.58. The minimum Gasteiger partial charge on any atom is -0.481 e. The number of thiol groups is 1. The molecule has 0 aliphatic heterocycles. The van der Waals surface area contributed by atoms with Gasteiger partial charge in [-0.3, -0.25) is 19.2 Å². The predicted molar refractivity (Wildman–Crippen MR) is 113 cm³/mol. The number of carbonyl (C=O) groups excluding carboxylic acids is 3. The van der Waals surface area contributed by atoms with Crippen LogP contribution < -0.4 is 21.7 Å². The number of aliphatic hydroxyl groups is 1. The van der Waals surface area contributed by atoms with Gasteiger partial charge in [0.2, 0.25) is 17.7 Å². The van der Waals surface area contributed by atoms with Crippen molar-refractivity contribution in [3.8, 4) is 0 Å². The van der Waals surface area contributed by atoms with Gasteiger partial charge in [0.1, 0.15) is 24.2 Å². The fourth-order valence-corrected chi connectivity index (χ4v) is 2.68. The maximum absolute atomic E-state index is 12.6. The van der Waals surface area contributed by atoms with E-state index in [9.17, 15) is 34.2 Å². The minimum atomic E-state index is -1.35. The number of amides is 3. The molecule has 0 aromatic heterocycles. The maximum Gasteiger partial charge on any atom is 0.326 e. The molecule has 0 aromatic carbocycles. The number of aliphatic carboxylic acids is 2. The van der Waals surface area contributed by atoms with E-state index in [0.717, 1.165) is 0 Å². The first-order valence-electron chi connectivity index (χ1n) is 9.75. The lowest BCUT2D eigenvalue weighted by Crippen LogP contribution is -2.59. The highest BCUT2D eigenvalue weighted by Crippen LogP contribution is 2.09. The number of hydrogen-bond donors (Lipinski definition) is 8. The van der Waals surface area contributed by atoms with E-state index >= 15 is 0 Å². The lowest BCUT2D eigenvalue weighted by Gasteiger charge is -2.26. The summed E-state index contributed by atoms with van der Waals surface area (Å²) in [4.78, 5) is 59.5. The molecule has 31 heavy (non-hydrogen) atoms. The number of carboxylic acid groups (broad SMARTS) is 2. The topological polar surface area (TPSA) is 208 Å². The second-order valence-electron chi connectivity index (χ2n) is 7.21. The Bertz CT molecular complexity index is 660. The lowest BCUT2D eigenvalue weighted by molar-refractivity contribution is -0.143. The highest BCUT2D eigenvalue weighted by molar-refractivity contribution is 7.80. The lowest BCUT2D eigenvalue weighted by atomic mass is 9.99. The van der Waals surface area contributed by atoms with Crippen molar-refractivity contribution < 1.29 is 39.3 Å². The molecule has 0 heterocycles. The standard InChI is InChI=1S/C18H32N4O8S/c1-4-8(2)14(18(29)30)22-16(27)11(7-31)21-15(26)10(5-6-12(24)25)20-17(28)13(19)9(3)23/h8-11,13-14,23,31H,4-7,19H2,1-3H3,(H,20,28)(H,21,26)(H,22,27)(H,24,25)(H,29,30). The number of carbonyl (C=O) groups is 5. The van der Waals surface area contributed by atoms with Gasteiger partial charge >= 0.3 is 11.9 Å². The van der Waals surface area contributed by atoms with Crippen molar-refractivity contribution in [2.45, 2.75) is 70.3 Å². The van der Waals surface area contributed by atoms with Crippen LogP contribution in [0.1, 0.15) is 40.0 Å². The van der Waals surface area contributed by atoms with Gasteiger partial charge in [0.25, 0.3) is 0 Å². The third-order valence-electron chi connectivity index (χ3n) is 4.69. The Morgan fingerprint density at radius 1 is 0.935 bits per heavy atom. The molecule has 6 unspecified atom stereocenters. The number of nitrogens with one attached hydrogen (secondary N) is 3. The average Bonchev–Trinajstić information content (AvgIpc) is 2.70. The summed E-state index contributed by atoms with van der Waals surface area (Å²) in [6.07, 6.45) is -1.49. The van der Waals surface area contributed by atoms with Gasteiger partial charge in [-0.25, -0.2) is 4.79 Å². The highest BCUT2D eigenvalue weighted by Gasteiger charge is 2.32. The van der Waals surface area contributed by atoms with E-state index < -0.39 is 66.4 Å². The Balaban J connectivity index is 5.35. The second kappa shape index (κ2) is 13.8. The van der Waals surface area contributed by atoms with Gasteiger partial charge in [0.15, 0.2) is 0 Å². The van der Waals surface area contributed by atoms with Crippen LogP contribution in [0.25, 0.3) is 0 Å². The van der Waals surface area contributed by atoms with Gasteiger partial charge in [-0.15, -0.1) is 0 Å².